The molecule has 2 aromatic rings. The molecule has 3 rings (SSSR count). The summed E-state index contributed by atoms with van der Waals surface area (Å²) < 4.78 is 0. The van der Waals surface area contributed by atoms with Crippen molar-refractivity contribution in [1.29, 1.82) is 5.41 Å². The summed E-state index contributed by atoms with van der Waals surface area (Å²) in [7, 11) is 0. The molecule has 0 aliphatic heterocycles. The predicted octanol–water partition coefficient (Wildman–Crippen LogP) is 3.29. The summed E-state index contributed by atoms with van der Waals surface area (Å²) in [5, 5.41) is 7.50. The zero-order valence-electron chi connectivity index (χ0n) is 10.6. The highest BCUT2D eigenvalue weighted by atomic mass is 14.8. The van der Waals surface area contributed by atoms with Crippen LogP contribution in [0.2, 0.25) is 0 Å². The van der Waals surface area contributed by atoms with Crippen molar-refractivity contribution < 1.29 is 0 Å². The summed E-state index contributed by atoms with van der Waals surface area (Å²) in [4.78, 5) is 4.03. The summed E-state index contributed by atoms with van der Waals surface area (Å²) in [6.45, 7) is 4.11. The molecule has 3 nitrogen and oxygen atoms in total. The minimum absolute atomic E-state index is 0.395. The van der Waals surface area contributed by atoms with Gasteiger partial charge in [-0.2, -0.15) is 0 Å². The predicted molar refractivity (Wildman–Crippen MR) is 79.3 cm³/mol. The maximum Gasteiger partial charge on any atom is 0.132 e. The van der Waals surface area contributed by atoms with E-state index in [1.807, 2.05) is 6.07 Å². The van der Waals surface area contributed by atoms with Gasteiger partial charge in [-0.15, -0.1) is 0 Å². The number of nitrogens with zero attached hydrogens (tertiary/aromatic N) is 1. The number of nitrogen functional groups attached to an aromatic ring is 1. The summed E-state index contributed by atoms with van der Waals surface area (Å²) in [6.07, 6.45) is 5.05. The van der Waals surface area contributed by atoms with E-state index in [0.717, 1.165) is 24.0 Å². The first-order valence-corrected chi connectivity index (χ1v) is 6.27. The van der Waals surface area contributed by atoms with Crippen LogP contribution >= 0.6 is 0 Å². The Balaban J connectivity index is 2.19. The topological polar surface area (TPSA) is 62.8 Å². The molecular formula is C16H15N3. The standard InChI is InChI=1S/C16H15N3/c1-10-2-3-11-4-5-12(8-14(10)11)13-6-7-19-16(18)15(13)9-17/h4-9,17H,1-3H2,(H2,18,19). The molecule has 1 aromatic carbocycles. The first-order chi connectivity index (χ1) is 9.20. The number of hydrogen-bond donors (Lipinski definition) is 2. The largest absolute Gasteiger partial charge is 0.383 e. The zero-order chi connectivity index (χ0) is 13.4. The number of allylic oxidation sites excluding steroid dienone is 1. The van der Waals surface area contributed by atoms with Crippen LogP contribution in [0.1, 0.15) is 23.1 Å². The van der Waals surface area contributed by atoms with Gasteiger partial charge in [0.05, 0.1) is 0 Å². The van der Waals surface area contributed by atoms with Crippen LogP contribution in [0.4, 0.5) is 5.82 Å². The highest BCUT2D eigenvalue weighted by Crippen LogP contribution is 2.35. The fraction of sp³-hybridized carbons (Fsp3) is 0.125. The van der Waals surface area contributed by atoms with Crippen molar-refractivity contribution in [3.05, 3.63) is 53.7 Å². The molecule has 19 heavy (non-hydrogen) atoms. The van der Waals surface area contributed by atoms with E-state index in [-0.39, 0.29) is 0 Å². The highest BCUT2D eigenvalue weighted by molar-refractivity contribution is 5.94. The van der Waals surface area contributed by atoms with Crippen LogP contribution < -0.4 is 5.73 Å². The molecule has 0 atom stereocenters. The second kappa shape index (κ2) is 4.35. The van der Waals surface area contributed by atoms with E-state index in [4.69, 9.17) is 11.1 Å². The van der Waals surface area contributed by atoms with Crippen molar-refractivity contribution in [1.82, 2.24) is 4.98 Å². The number of anilines is 1. The van der Waals surface area contributed by atoms with Crippen molar-refractivity contribution in [2.24, 2.45) is 0 Å². The van der Waals surface area contributed by atoms with Crippen molar-refractivity contribution in [2.45, 2.75) is 12.8 Å². The lowest BCUT2D eigenvalue weighted by molar-refractivity contribution is 1.08. The lowest BCUT2D eigenvalue weighted by Crippen LogP contribution is -1.99. The molecule has 0 radical (unpaired) electrons. The Morgan fingerprint density at radius 3 is 2.84 bits per heavy atom. The van der Waals surface area contributed by atoms with Crippen LogP contribution in [0.25, 0.3) is 16.7 Å². The summed E-state index contributed by atoms with van der Waals surface area (Å²) >= 11 is 0. The van der Waals surface area contributed by atoms with Crippen LogP contribution in [-0.2, 0) is 6.42 Å². The van der Waals surface area contributed by atoms with Gasteiger partial charge >= 0.3 is 0 Å². The molecule has 0 saturated carbocycles. The van der Waals surface area contributed by atoms with Gasteiger partial charge < -0.3 is 11.1 Å². The number of aryl methyl sites for hydroxylation is 1. The summed E-state index contributed by atoms with van der Waals surface area (Å²) in [5.74, 6) is 0.395. The van der Waals surface area contributed by atoms with Gasteiger partial charge in [-0.25, -0.2) is 4.98 Å². The number of hydrogen-bond acceptors (Lipinski definition) is 3. The van der Waals surface area contributed by atoms with Crippen molar-refractivity contribution in [3.8, 4) is 11.1 Å². The quantitative estimate of drug-likeness (QED) is 0.802. The lowest BCUT2D eigenvalue weighted by Gasteiger charge is -2.10. The van der Waals surface area contributed by atoms with E-state index in [1.165, 1.54) is 22.9 Å². The molecule has 0 unspecified atom stereocenters. The first kappa shape index (κ1) is 11.7. The van der Waals surface area contributed by atoms with Crippen LogP contribution in [0.5, 0.6) is 0 Å². The molecule has 1 heterocycles. The minimum atomic E-state index is 0.395. The number of nitrogens with one attached hydrogen (secondary N) is 1. The number of benzene rings is 1. The summed E-state index contributed by atoms with van der Waals surface area (Å²) in [5.41, 5.74) is 12.3. The first-order valence-electron chi connectivity index (χ1n) is 6.27. The molecule has 3 N–H and O–H groups in total. The molecule has 0 bridgehead atoms. The smallest absolute Gasteiger partial charge is 0.132 e. The van der Waals surface area contributed by atoms with Gasteiger partial charge in [-0.05, 0) is 52.8 Å². The molecule has 0 saturated heterocycles. The molecule has 94 valence electrons. The monoisotopic (exact) mass is 249 g/mol. The van der Waals surface area contributed by atoms with E-state index in [2.05, 4.69) is 29.8 Å². The lowest BCUT2D eigenvalue weighted by atomic mass is 9.97. The van der Waals surface area contributed by atoms with E-state index in [9.17, 15) is 0 Å². The summed E-state index contributed by atoms with van der Waals surface area (Å²) in [6, 6.07) is 8.27. The van der Waals surface area contributed by atoms with E-state index in [1.54, 1.807) is 6.20 Å². The normalized spacial score (nSPS) is 13.4. The second-order valence-corrected chi connectivity index (χ2v) is 4.78. The number of aromatic nitrogens is 1. The zero-order valence-corrected chi connectivity index (χ0v) is 10.6. The Labute approximate surface area is 112 Å². The average molecular weight is 249 g/mol. The Kier molecular flexibility index (Phi) is 2.67. The Morgan fingerprint density at radius 1 is 1.21 bits per heavy atom. The van der Waals surface area contributed by atoms with Crippen LogP contribution in [-0.4, -0.2) is 11.2 Å². The van der Waals surface area contributed by atoms with Gasteiger partial charge in [0, 0.05) is 18.0 Å². The maximum atomic E-state index is 7.50. The van der Waals surface area contributed by atoms with Crippen LogP contribution in [0.15, 0.2) is 37.0 Å². The van der Waals surface area contributed by atoms with Crippen molar-refractivity contribution in [2.75, 3.05) is 5.73 Å². The Hall–Kier alpha value is -2.42. The molecule has 0 amide bonds. The van der Waals surface area contributed by atoms with Gasteiger partial charge in [0.2, 0.25) is 0 Å². The second-order valence-electron chi connectivity index (χ2n) is 4.78. The Morgan fingerprint density at radius 2 is 2.05 bits per heavy atom. The molecular weight excluding hydrogens is 234 g/mol. The fourth-order valence-corrected chi connectivity index (χ4v) is 2.60. The van der Waals surface area contributed by atoms with Crippen molar-refractivity contribution >= 4 is 17.6 Å². The van der Waals surface area contributed by atoms with Crippen LogP contribution in [0.3, 0.4) is 0 Å². The van der Waals surface area contributed by atoms with Crippen molar-refractivity contribution in [3.63, 3.8) is 0 Å². The van der Waals surface area contributed by atoms with Gasteiger partial charge in [-0.1, -0.05) is 18.7 Å². The molecule has 1 aliphatic rings. The van der Waals surface area contributed by atoms with E-state index >= 15 is 0 Å². The minimum Gasteiger partial charge on any atom is -0.383 e. The number of pyridine rings is 1. The molecule has 1 aromatic heterocycles. The molecule has 0 spiro atoms. The number of rotatable bonds is 2. The third kappa shape index (κ3) is 1.83. The molecule has 1 aliphatic carbocycles. The third-order valence-corrected chi connectivity index (χ3v) is 3.66. The average Bonchev–Trinajstić information content (AvgIpc) is 2.80. The van der Waals surface area contributed by atoms with Gasteiger partial charge in [-0.3, -0.25) is 0 Å². The van der Waals surface area contributed by atoms with Gasteiger partial charge in [0.25, 0.3) is 0 Å². The van der Waals surface area contributed by atoms with E-state index in [0.29, 0.717) is 11.4 Å². The number of nitrogens with two attached hydrogens (primary N) is 1. The van der Waals surface area contributed by atoms with Crippen LogP contribution in [0, 0.1) is 5.41 Å². The SMILES string of the molecule is C=C1CCc2ccc(-c3ccnc(N)c3C=N)cc21. The maximum absolute atomic E-state index is 7.50. The third-order valence-electron chi connectivity index (χ3n) is 3.66. The highest BCUT2D eigenvalue weighted by Gasteiger charge is 2.16. The molecule has 3 heteroatoms. The van der Waals surface area contributed by atoms with Gasteiger partial charge in [0.1, 0.15) is 5.82 Å². The fourth-order valence-electron chi connectivity index (χ4n) is 2.60. The Bertz CT molecular complexity index is 686. The van der Waals surface area contributed by atoms with Gasteiger partial charge in [0.15, 0.2) is 0 Å². The van der Waals surface area contributed by atoms with E-state index < -0.39 is 0 Å². The molecule has 0 fully saturated rings. The number of fused-ring (bicyclic) bond motifs is 1.